The third-order valence-electron chi connectivity index (χ3n) is 2.93. The first kappa shape index (κ1) is 12.3. The number of hydrogen-bond donors (Lipinski definition) is 1. The van der Waals surface area contributed by atoms with Crippen LogP contribution >= 0.6 is 0 Å². The Bertz CT molecular complexity index is 797. The number of hydrogen-bond acceptors (Lipinski definition) is 3. The van der Waals surface area contributed by atoms with E-state index in [4.69, 9.17) is 0 Å². The largest absolute Gasteiger partial charge is 0.322 e. The summed E-state index contributed by atoms with van der Waals surface area (Å²) >= 11 is 0. The van der Waals surface area contributed by atoms with Crippen LogP contribution in [0.15, 0.2) is 42.6 Å². The van der Waals surface area contributed by atoms with Gasteiger partial charge in [-0.1, -0.05) is 6.07 Å². The first-order chi connectivity index (χ1) is 9.63. The van der Waals surface area contributed by atoms with Gasteiger partial charge >= 0.3 is 0 Å². The summed E-state index contributed by atoms with van der Waals surface area (Å²) in [5, 5.41) is 10.5. The van der Waals surface area contributed by atoms with Gasteiger partial charge in [0.25, 0.3) is 5.91 Å². The maximum absolute atomic E-state index is 13.1. The molecule has 100 valence electrons. The zero-order valence-electron chi connectivity index (χ0n) is 10.7. The van der Waals surface area contributed by atoms with E-state index in [-0.39, 0.29) is 5.91 Å². The van der Waals surface area contributed by atoms with Gasteiger partial charge in [-0.3, -0.25) is 9.20 Å². The van der Waals surface area contributed by atoms with Gasteiger partial charge in [0.1, 0.15) is 11.6 Å². The van der Waals surface area contributed by atoms with Crippen LogP contribution in [0.1, 0.15) is 16.2 Å². The SMILES string of the molecule is Cc1nnc2cc(C(=O)Nc3cccc(F)c3)ccn12. The van der Waals surface area contributed by atoms with Crippen LogP contribution in [-0.2, 0) is 0 Å². The Kier molecular flexibility index (Phi) is 2.90. The van der Waals surface area contributed by atoms with E-state index >= 15 is 0 Å². The molecule has 2 aromatic heterocycles. The molecule has 0 fully saturated rings. The van der Waals surface area contributed by atoms with Crippen molar-refractivity contribution >= 4 is 17.2 Å². The molecule has 1 N–H and O–H groups in total. The first-order valence-electron chi connectivity index (χ1n) is 6.02. The van der Waals surface area contributed by atoms with Crippen LogP contribution in [0.25, 0.3) is 5.65 Å². The molecule has 0 spiro atoms. The molecule has 0 unspecified atom stereocenters. The minimum atomic E-state index is -0.397. The predicted molar refractivity (Wildman–Crippen MR) is 72.1 cm³/mol. The summed E-state index contributed by atoms with van der Waals surface area (Å²) in [6.45, 7) is 1.83. The number of pyridine rings is 1. The molecule has 0 bridgehead atoms. The van der Waals surface area contributed by atoms with Crippen LogP contribution in [0.2, 0.25) is 0 Å². The lowest BCUT2D eigenvalue weighted by Crippen LogP contribution is -2.12. The van der Waals surface area contributed by atoms with Crippen molar-refractivity contribution in [1.29, 1.82) is 0 Å². The quantitative estimate of drug-likeness (QED) is 0.778. The number of nitrogens with one attached hydrogen (secondary N) is 1. The topological polar surface area (TPSA) is 59.3 Å². The first-order valence-corrected chi connectivity index (χ1v) is 6.02. The highest BCUT2D eigenvalue weighted by molar-refractivity contribution is 6.04. The summed E-state index contributed by atoms with van der Waals surface area (Å²) in [6, 6.07) is 9.04. The number of rotatable bonds is 2. The van der Waals surface area contributed by atoms with Crippen LogP contribution in [0.4, 0.5) is 10.1 Å². The lowest BCUT2D eigenvalue weighted by molar-refractivity contribution is 0.102. The van der Waals surface area contributed by atoms with Crippen molar-refractivity contribution in [3.8, 4) is 0 Å². The van der Waals surface area contributed by atoms with E-state index in [1.54, 1.807) is 28.8 Å². The number of anilines is 1. The fourth-order valence-corrected chi connectivity index (χ4v) is 1.92. The zero-order valence-corrected chi connectivity index (χ0v) is 10.7. The number of halogens is 1. The molecule has 5 nitrogen and oxygen atoms in total. The number of aryl methyl sites for hydroxylation is 1. The third kappa shape index (κ3) is 2.23. The summed E-state index contributed by atoms with van der Waals surface area (Å²) in [6.07, 6.45) is 1.73. The van der Waals surface area contributed by atoms with Crippen molar-refractivity contribution in [3.05, 3.63) is 59.8 Å². The van der Waals surface area contributed by atoms with Crippen LogP contribution in [0.3, 0.4) is 0 Å². The molecule has 1 aromatic carbocycles. The van der Waals surface area contributed by atoms with Gasteiger partial charge in [-0.2, -0.15) is 0 Å². The van der Waals surface area contributed by atoms with E-state index in [0.717, 1.165) is 5.82 Å². The summed E-state index contributed by atoms with van der Waals surface area (Å²) in [5.74, 6) is 0.0298. The van der Waals surface area contributed by atoms with E-state index in [1.165, 1.54) is 18.2 Å². The third-order valence-corrected chi connectivity index (χ3v) is 2.93. The number of fused-ring (bicyclic) bond motifs is 1. The zero-order chi connectivity index (χ0) is 14.1. The number of benzene rings is 1. The fourth-order valence-electron chi connectivity index (χ4n) is 1.92. The van der Waals surface area contributed by atoms with Crippen molar-refractivity contribution in [2.45, 2.75) is 6.92 Å². The Morgan fingerprint density at radius 1 is 1.25 bits per heavy atom. The van der Waals surface area contributed by atoms with Gasteiger partial charge in [-0.25, -0.2) is 4.39 Å². The van der Waals surface area contributed by atoms with Gasteiger partial charge in [0.05, 0.1) is 0 Å². The fraction of sp³-hybridized carbons (Fsp3) is 0.0714. The number of amides is 1. The number of carbonyl (C=O) groups is 1. The predicted octanol–water partition coefficient (Wildman–Crippen LogP) is 2.43. The molecule has 3 rings (SSSR count). The second-order valence-electron chi connectivity index (χ2n) is 4.36. The second kappa shape index (κ2) is 4.73. The molecule has 3 aromatic rings. The Labute approximate surface area is 114 Å². The Morgan fingerprint density at radius 3 is 2.90 bits per heavy atom. The molecule has 0 atom stereocenters. The van der Waals surface area contributed by atoms with Crippen molar-refractivity contribution < 1.29 is 9.18 Å². The van der Waals surface area contributed by atoms with Gasteiger partial charge in [0.15, 0.2) is 5.65 Å². The minimum absolute atomic E-state index is 0.321. The summed E-state index contributed by atoms with van der Waals surface area (Å²) in [5.41, 5.74) is 1.44. The van der Waals surface area contributed by atoms with Crippen LogP contribution in [0.5, 0.6) is 0 Å². The summed E-state index contributed by atoms with van der Waals surface area (Å²) in [7, 11) is 0. The molecule has 20 heavy (non-hydrogen) atoms. The van der Waals surface area contributed by atoms with Crippen LogP contribution in [0, 0.1) is 12.7 Å². The van der Waals surface area contributed by atoms with Crippen molar-refractivity contribution in [1.82, 2.24) is 14.6 Å². The highest BCUT2D eigenvalue weighted by Gasteiger charge is 2.09. The smallest absolute Gasteiger partial charge is 0.255 e. The molecule has 0 aliphatic carbocycles. The van der Waals surface area contributed by atoms with E-state index in [9.17, 15) is 9.18 Å². The molecule has 0 radical (unpaired) electrons. The normalized spacial score (nSPS) is 10.7. The van der Waals surface area contributed by atoms with E-state index in [2.05, 4.69) is 15.5 Å². The van der Waals surface area contributed by atoms with Gasteiger partial charge < -0.3 is 5.32 Å². The van der Waals surface area contributed by atoms with Gasteiger partial charge in [0.2, 0.25) is 0 Å². The van der Waals surface area contributed by atoms with Crippen molar-refractivity contribution in [2.24, 2.45) is 0 Å². The maximum atomic E-state index is 13.1. The average molecular weight is 270 g/mol. The van der Waals surface area contributed by atoms with E-state index in [0.29, 0.717) is 16.9 Å². The number of carbonyl (C=O) groups excluding carboxylic acids is 1. The lowest BCUT2D eigenvalue weighted by Gasteiger charge is -2.05. The second-order valence-corrected chi connectivity index (χ2v) is 4.36. The molecule has 6 heteroatoms. The highest BCUT2D eigenvalue weighted by atomic mass is 19.1. The van der Waals surface area contributed by atoms with Gasteiger partial charge in [0, 0.05) is 17.4 Å². The van der Waals surface area contributed by atoms with Gasteiger partial charge in [-0.05, 0) is 37.3 Å². The Hall–Kier alpha value is -2.76. The van der Waals surface area contributed by atoms with Crippen LogP contribution < -0.4 is 5.32 Å². The van der Waals surface area contributed by atoms with E-state index < -0.39 is 5.82 Å². The average Bonchev–Trinajstić information content (AvgIpc) is 2.80. The highest BCUT2D eigenvalue weighted by Crippen LogP contribution is 2.12. The lowest BCUT2D eigenvalue weighted by atomic mass is 10.2. The monoisotopic (exact) mass is 270 g/mol. The molecular formula is C14H11FN4O. The van der Waals surface area contributed by atoms with E-state index in [1.807, 2.05) is 6.92 Å². The molecule has 2 heterocycles. The molecular weight excluding hydrogens is 259 g/mol. The maximum Gasteiger partial charge on any atom is 0.255 e. The van der Waals surface area contributed by atoms with Crippen molar-refractivity contribution in [2.75, 3.05) is 5.32 Å². The molecule has 1 amide bonds. The number of aromatic nitrogens is 3. The summed E-state index contributed by atoms with van der Waals surface area (Å²) < 4.78 is 14.8. The number of nitrogens with zero attached hydrogens (tertiary/aromatic N) is 3. The Balaban J connectivity index is 1.88. The minimum Gasteiger partial charge on any atom is -0.322 e. The molecule has 0 aliphatic rings. The summed E-state index contributed by atoms with van der Waals surface area (Å²) in [4.78, 5) is 12.1. The van der Waals surface area contributed by atoms with Crippen LogP contribution in [-0.4, -0.2) is 20.5 Å². The molecule has 0 saturated carbocycles. The van der Waals surface area contributed by atoms with Gasteiger partial charge in [-0.15, -0.1) is 10.2 Å². The molecule has 0 aliphatic heterocycles. The molecule has 0 saturated heterocycles. The van der Waals surface area contributed by atoms with Crippen molar-refractivity contribution in [3.63, 3.8) is 0 Å². The Morgan fingerprint density at radius 2 is 2.10 bits per heavy atom. The standard InChI is InChI=1S/C14H11FN4O/c1-9-17-18-13-7-10(5-6-19(9)13)14(20)16-12-4-2-3-11(15)8-12/h2-8H,1H3,(H,16,20).